The molecule has 60 valence electrons. The summed E-state index contributed by atoms with van der Waals surface area (Å²) in [7, 11) is 0. The van der Waals surface area contributed by atoms with Crippen LogP contribution in [0, 0.1) is 0 Å². The maximum absolute atomic E-state index is 8.70. The van der Waals surface area contributed by atoms with Crippen molar-refractivity contribution in [1.29, 1.82) is 0 Å². The minimum Gasteiger partial charge on any atom is -0.394 e. The van der Waals surface area contributed by atoms with E-state index in [9.17, 15) is 0 Å². The quantitative estimate of drug-likeness (QED) is 0.558. The fourth-order valence-corrected chi connectivity index (χ4v) is 1.02. The van der Waals surface area contributed by atoms with E-state index in [0.29, 0.717) is 6.61 Å². The standard InChI is InChI=1S/C7H14O3/c8-6-7-4-2-1-3-5-9-10-7/h7-8H,1-6H2. The molecule has 1 unspecified atom stereocenters. The summed E-state index contributed by atoms with van der Waals surface area (Å²) in [6.45, 7) is 0.733. The van der Waals surface area contributed by atoms with Crippen LogP contribution in [-0.4, -0.2) is 24.4 Å². The van der Waals surface area contributed by atoms with Gasteiger partial charge < -0.3 is 5.11 Å². The van der Waals surface area contributed by atoms with Gasteiger partial charge in [0.15, 0.2) is 0 Å². The molecule has 0 aliphatic carbocycles. The fraction of sp³-hybridized carbons (Fsp3) is 1.00. The Morgan fingerprint density at radius 3 is 3.00 bits per heavy atom. The normalized spacial score (nSPS) is 29.1. The summed E-state index contributed by atoms with van der Waals surface area (Å²) in [5, 5.41) is 8.70. The van der Waals surface area contributed by atoms with Crippen LogP contribution < -0.4 is 0 Å². The van der Waals surface area contributed by atoms with E-state index in [4.69, 9.17) is 14.9 Å². The van der Waals surface area contributed by atoms with Gasteiger partial charge in [0.05, 0.1) is 13.2 Å². The van der Waals surface area contributed by atoms with E-state index in [-0.39, 0.29) is 12.7 Å². The van der Waals surface area contributed by atoms with Gasteiger partial charge >= 0.3 is 0 Å². The third-order valence-electron chi connectivity index (χ3n) is 1.66. The molecule has 0 spiro atoms. The van der Waals surface area contributed by atoms with E-state index in [0.717, 1.165) is 19.3 Å². The van der Waals surface area contributed by atoms with Gasteiger partial charge in [-0.1, -0.05) is 12.8 Å². The first-order valence-corrected chi connectivity index (χ1v) is 3.82. The van der Waals surface area contributed by atoms with Crippen LogP contribution in [0.15, 0.2) is 0 Å². The summed E-state index contributed by atoms with van der Waals surface area (Å²) in [5.74, 6) is 0. The molecular formula is C7H14O3. The average Bonchev–Trinajstić information content (AvgIpc) is 1.87. The van der Waals surface area contributed by atoms with Crippen LogP contribution in [0.3, 0.4) is 0 Å². The second-order valence-electron chi connectivity index (χ2n) is 2.57. The van der Waals surface area contributed by atoms with E-state index in [2.05, 4.69) is 0 Å². The molecule has 1 heterocycles. The Morgan fingerprint density at radius 1 is 1.30 bits per heavy atom. The minimum atomic E-state index is -0.0969. The van der Waals surface area contributed by atoms with E-state index >= 15 is 0 Å². The summed E-state index contributed by atoms with van der Waals surface area (Å²) < 4.78 is 0. The predicted octanol–water partition coefficient (Wildman–Crippen LogP) is 0.869. The summed E-state index contributed by atoms with van der Waals surface area (Å²) in [4.78, 5) is 9.70. The fourth-order valence-electron chi connectivity index (χ4n) is 1.02. The highest BCUT2D eigenvalue weighted by molar-refractivity contribution is 4.55. The Hall–Kier alpha value is -0.120. The number of aliphatic hydroxyl groups is 1. The van der Waals surface area contributed by atoms with Gasteiger partial charge in [0.1, 0.15) is 6.10 Å². The molecule has 0 aromatic heterocycles. The third-order valence-corrected chi connectivity index (χ3v) is 1.66. The number of aliphatic hydroxyl groups excluding tert-OH is 1. The highest BCUT2D eigenvalue weighted by Crippen LogP contribution is 2.10. The summed E-state index contributed by atoms with van der Waals surface area (Å²) in [6.07, 6.45) is 4.20. The lowest BCUT2D eigenvalue weighted by Crippen LogP contribution is -2.20. The minimum absolute atomic E-state index is 0.0694. The molecule has 1 saturated heterocycles. The molecule has 0 saturated carbocycles. The Labute approximate surface area is 60.9 Å². The van der Waals surface area contributed by atoms with Crippen molar-refractivity contribution in [3.05, 3.63) is 0 Å². The SMILES string of the molecule is OCC1CCCCCOO1. The first-order chi connectivity index (χ1) is 4.93. The largest absolute Gasteiger partial charge is 0.394 e. The molecule has 3 nitrogen and oxygen atoms in total. The number of hydrogen-bond donors (Lipinski definition) is 1. The molecule has 1 N–H and O–H groups in total. The van der Waals surface area contributed by atoms with Gasteiger partial charge in [-0.15, -0.1) is 0 Å². The van der Waals surface area contributed by atoms with Crippen molar-refractivity contribution in [3.8, 4) is 0 Å². The molecule has 1 aliphatic heterocycles. The molecular weight excluding hydrogens is 132 g/mol. The topological polar surface area (TPSA) is 38.7 Å². The van der Waals surface area contributed by atoms with Crippen molar-refractivity contribution in [2.75, 3.05) is 13.2 Å². The van der Waals surface area contributed by atoms with Crippen LogP contribution in [0.4, 0.5) is 0 Å². The lowest BCUT2D eigenvalue weighted by molar-refractivity contribution is -0.333. The molecule has 0 radical (unpaired) electrons. The van der Waals surface area contributed by atoms with Gasteiger partial charge in [0, 0.05) is 0 Å². The molecule has 1 aliphatic rings. The van der Waals surface area contributed by atoms with Gasteiger partial charge in [0.25, 0.3) is 0 Å². The first-order valence-electron chi connectivity index (χ1n) is 3.82. The van der Waals surface area contributed by atoms with Crippen molar-refractivity contribution in [1.82, 2.24) is 0 Å². The second kappa shape index (κ2) is 4.66. The zero-order valence-corrected chi connectivity index (χ0v) is 6.08. The Kier molecular flexibility index (Phi) is 3.72. The van der Waals surface area contributed by atoms with Crippen molar-refractivity contribution in [3.63, 3.8) is 0 Å². The molecule has 0 aromatic carbocycles. The Balaban J connectivity index is 2.16. The Morgan fingerprint density at radius 2 is 2.20 bits per heavy atom. The van der Waals surface area contributed by atoms with Gasteiger partial charge in [0.2, 0.25) is 0 Å². The smallest absolute Gasteiger partial charge is 0.116 e. The second-order valence-corrected chi connectivity index (χ2v) is 2.57. The monoisotopic (exact) mass is 146 g/mol. The predicted molar refractivity (Wildman–Crippen MR) is 36.4 cm³/mol. The third kappa shape index (κ3) is 2.64. The van der Waals surface area contributed by atoms with E-state index in [1.54, 1.807) is 0 Å². The van der Waals surface area contributed by atoms with Crippen molar-refractivity contribution < 1.29 is 14.9 Å². The molecule has 10 heavy (non-hydrogen) atoms. The summed E-state index contributed by atoms with van der Waals surface area (Å²) >= 11 is 0. The van der Waals surface area contributed by atoms with Crippen LogP contribution >= 0.6 is 0 Å². The lowest BCUT2D eigenvalue weighted by atomic mass is 10.1. The van der Waals surface area contributed by atoms with Gasteiger partial charge in [-0.2, -0.15) is 0 Å². The maximum Gasteiger partial charge on any atom is 0.116 e. The molecule has 0 amide bonds. The lowest BCUT2D eigenvalue weighted by Gasteiger charge is -2.16. The summed E-state index contributed by atoms with van der Waals surface area (Å²) in [6, 6.07) is 0. The van der Waals surface area contributed by atoms with Gasteiger partial charge in [-0.25, -0.2) is 9.78 Å². The molecule has 0 aromatic rings. The zero-order valence-electron chi connectivity index (χ0n) is 6.08. The van der Waals surface area contributed by atoms with Crippen molar-refractivity contribution in [2.24, 2.45) is 0 Å². The van der Waals surface area contributed by atoms with E-state index in [1.165, 1.54) is 6.42 Å². The van der Waals surface area contributed by atoms with E-state index < -0.39 is 0 Å². The molecule has 0 bridgehead atoms. The first kappa shape index (κ1) is 7.98. The summed E-state index contributed by atoms with van der Waals surface area (Å²) in [5.41, 5.74) is 0. The highest BCUT2D eigenvalue weighted by Gasteiger charge is 2.10. The van der Waals surface area contributed by atoms with Crippen LogP contribution in [0.25, 0.3) is 0 Å². The molecule has 3 heteroatoms. The van der Waals surface area contributed by atoms with Crippen molar-refractivity contribution >= 4 is 0 Å². The van der Waals surface area contributed by atoms with Gasteiger partial charge in [-0.05, 0) is 12.8 Å². The van der Waals surface area contributed by atoms with Crippen LogP contribution in [0.1, 0.15) is 25.7 Å². The molecule has 1 fully saturated rings. The maximum atomic E-state index is 8.70. The highest BCUT2D eigenvalue weighted by atomic mass is 17.2. The van der Waals surface area contributed by atoms with E-state index in [1.807, 2.05) is 0 Å². The van der Waals surface area contributed by atoms with Crippen LogP contribution in [0.5, 0.6) is 0 Å². The molecule has 1 rings (SSSR count). The van der Waals surface area contributed by atoms with Gasteiger partial charge in [-0.3, -0.25) is 0 Å². The van der Waals surface area contributed by atoms with Crippen LogP contribution in [0.2, 0.25) is 0 Å². The Bertz CT molecular complexity index is 76.9. The average molecular weight is 146 g/mol. The van der Waals surface area contributed by atoms with Crippen molar-refractivity contribution in [2.45, 2.75) is 31.8 Å². The zero-order chi connectivity index (χ0) is 7.23. The van der Waals surface area contributed by atoms with Crippen LogP contribution in [-0.2, 0) is 9.78 Å². The number of rotatable bonds is 1. The number of hydrogen-bond acceptors (Lipinski definition) is 3. The molecule has 1 atom stereocenters.